The molecule has 4 rings (SSSR count). The Balaban J connectivity index is 1.45. The van der Waals surface area contributed by atoms with Crippen molar-refractivity contribution in [2.24, 2.45) is 0 Å². The first kappa shape index (κ1) is 22.6. The SMILES string of the molecule is COc1cc(CNC2(CO)CCCC2)ccc1OCc1c(C)nn(-c2ccccc2)c1Cl. The smallest absolute Gasteiger partial charge is 0.161 e. The molecule has 0 unspecified atom stereocenters. The molecule has 2 N–H and O–H groups in total. The van der Waals surface area contributed by atoms with Gasteiger partial charge in [-0.1, -0.05) is 48.7 Å². The molecule has 3 aromatic rings. The van der Waals surface area contributed by atoms with Crippen LogP contribution in [0.4, 0.5) is 0 Å². The number of aryl methyl sites for hydroxylation is 1. The van der Waals surface area contributed by atoms with E-state index in [0.717, 1.165) is 48.2 Å². The fourth-order valence-electron chi connectivity index (χ4n) is 4.26. The van der Waals surface area contributed by atoms with Crippen molar-refractivity contribution < 1.29 is 14.6 Å². The van der Waals surface area contributed by atoms with Crippen molar-refractivity contribution in [3.8, 4) is 17.2 Å². The largest absolute Gasteiger partial charge is 0.493 e. The van der Waals surface area contributed by atoms with Crippen molar-refractivity contribution in [2.45, 2.75) is 51.3 Å². The summed E-state index contributed by atoms with van der Waals surface area (Å²) in [6.45, 7) is 3.06. The molecule has 170 valence electrons. The molecule has 1 heterocycles. The third-order valence-electron chi connectivity index (χ3n) is 6.25. The van der Waals surface area contributed by atoms with Crippen LogP contribution in [0.3, 0.4) is 0 Å². The Labute approximate surface area is 194 Å². The summed E-state index contributed by atoms with van der Waals surface area (Å²) in [6.07, 6.45) is 4.34. The summed E-state index contributed by atoms with van der Waals surface area (Å²) in [4.78, 5) is 0. The third kappa shape index (κ3) is 4.77. The first-order chi connectivity index (χ1) is 15.5. The van der Waals surface area contributed by atoms with Gasteiger partial charge in [0.15, 0.2) is 11.5 Å². The number of aliphatic hydroxyl groups excluding tert-OH is 1. The third-order valence-corrected chi connectivity index (χ3v) is 6.64. The van der Waals surface area contributed by atoms with Crippen LogP contribution < -0.4 is 14.8 Å². The first-order valence-corrected chi connectivity index (χ1v) is 11.4. The van der Waals surface area contributed by atoms with Gasteiger partial charge in [0.25, 0.3) is 0 Å². The number of para-hydroxylation sites is 1. The Morgan fingerprint density at radius 3 is 2.56 bits per heavy atom. The fourth-order valence-corrected chi connectivity index (χ4v) is 4.59. The molecular formula is C25H30ClN3O3. The number of aromatic nitrogens is 2. The number of aliphatic hydroxyl groups is 1. The lowest BCUT2D eigenvalue weighted by Gasteiger charge is -2.28. The maximum Gasteiger partial charge on any atom is 0.161 e. The van der Waals surface area contributed by atoms with Crippen LogP contribution in [0.15, 0.2) is 48.5 Å². The van der Waals surface area contributed by atoms with Crippen LogP contribution in [0, 0.1) is 6.92 Å². The summed E-state index contributed by atoms with van der Waals surface area (Å²) in [5, 5.41) is 18.5. The van der Waals surface area contributed by atoms with Crippen molar-refractivity contribution in [1.82, 2.24) is 15.1 Å². The van der Waals surface area contributed by atoms with Crippen molar-refractivity contribution in [3.63, 3.8) is 0 Å². The Morgan fingerprint density at radius 2 is 1.88 bits per heavy atom. The number of ether oxygens (including phenoxy) is 2. The minimum atomic E-state index is -0.157. The van der Waals surface area contributed by atoms with E-state index in [1.807, 2.05) is 55.5 Å². The lowest BCUT2D eigenvalue weighted by atomic mass is 9.98. The molecule has 1 fully saturated rings. The normalized spacial score (nSPS) is 15.1. The Kier molecular flexibility index (Phi) is 7.04. The second-order valence-electron chi connectivity index (χ2n) is 8.38. The molecule has 0 spiro atoms. The van der Waals surface area contributed by atoms with Gasteiger partial charge in [-0.25, -0.2) is 4.68 Å². The summed E-state index contributed by atoms with van der Waals surface area (Å²) in [7, 11) is 1.64. The van der Waals surface area contributed by atoms with Crippen molar-refractivity contribution in [3.05, 3.63) is 70.5 Å². The number of rotatable bonds is 9. The average Bonchev–Trinajstić information content (AvgIpc) is 3.42. The van der Waals surface area contributed by atoms with E-state index in [0.29, 0.717) is 29.8 Å². The maximum absolute atomic E-state index is 9.81. The lowest BCUT2D eigenvalue weighted by molar-refractivity contribution is 0.163. The predicted octanol–water partition coefficient (Wildman–Crippen LogP) is 4.82. The number of halogens is 1. The number of hydrogen-bond donors (Lipinski definition) is 2. The molecule has 1 aliphatic carbocycles. The second-order valence-corrected chi connectivity index (χ2v) is 8.73. The highest BCUT2D eigenvalue weighted by Gasteiger charge is 2.32. The molecule has 0 amide bonds. The van der Waals surface area contributed by atoms with E-state index in [1.165, 1.54) is 0 Å². The van der Waals surface area contributed by atoms with Gasteiger partial charge in [0.2, 0.25) is 0 Å². The van der Waals surface area contributed by atoms with Crippen molar-refractivity contribution in [2.75, 3.05) is 13.7 Å². The van der Waals surface area contributed by atoms with Gasteiger partial charge in [-0.3, -0.25) is 0 Å². The molecule has 1 aromatic heterocycles. The van der Waals surface area contributed by atoms with Crippen molar-refractivity contribution in [1.29, 1.82) is 0 Å². The average molecular weight is 456 g/mol. The molecule has 0 atom stereocenters. The molecule has 7 heteroatoms. The molecule has 0 radical (unpaired) electrons. The molecule has 1 saturated carbocycles. The van der Waals surface area contributed by atoms with Gasteiger partial charge in [-0.05, 0) is 49.6 Å². The molecule has 32 heavy (non-hydrogen) atoms. The van der Waals surface area contributed by atoms with Crippen LogP contribution in [0.25, 0.3) is 5.69 Å². The summed E-state index contributed by atoms with van der Waals surface area (Å²) in [5.41, 5.74) is 3.50. The highest BCUT2D eigenvalue weighted by Crippen LogP contribution is 2.32. The second kappa shape index (κ2) is 9.94. The standard InChI is InChI=1S/C25H30ClN3O3/c1-18-21(24(26)29(28-18)20-8-4-3-5-9-20)16-32-22-11-10-19(14-23(22)31-2)15-27-25(17-30)12-6-7-13-25/h3-5,8-11,14,27,30H,6-7,12-13,15-17H2,1-2H3. The van der Waals surface area contributed by atoms with Crippen LogP contribution in [0.2, 0.25) is 5.15 Å². The number of benzene rings is 2. The highest BCUT2D eigenvalue weighted by molar-refractivity contribution is 6.30. The molecule has 2 aromatic carbocycles. The Bertz CT molecular complexity index is 1050. The van der Waals surface area contributed by atoms with E-state index < -0.39 is 0 Å². The van der Waals surface area contributed by atoms with Crippen LogP contribution in [0.5, 0.6) is 11.5 Å². The van der Waals surface area contributed by atoms with Crippen LogP contribution in [0.1, 0.15) is 42.5 Å². The van der Waals surface area contributed by atoms with Crippen LogP contribution in [-0.4, -0.2) is 34.1 Å². The monoisotopic (exact) mass is 455 g/mol. The zero-order valence-corrected chi connectivity index (χ0v) is 19.4. The molecular weight excluding hydrogens is 426 g/mol. The van der Waals surface area contributed by atoms with Gasteiger partial charge in [0, 0.05) is 17.6 Å². The Hall–Kier alpha value is -2.54. The minimum Gasteiger partial charge on any atom is -0.493 e. The number of nitrogens with one attached hydrogen (secondary N) is 1. The quantitative estimate of drug-likeness (QED) is 0.484. The molecule has 0 saturated heterocycles. The van der Waals surface area contributed by atoms with Gasteiger partial charge in [-0.15, -0.1) is 0 Å². The van der Waals surface area contributed by atoms with Crippen LogP contribution >= 0.6 is 11.6 Å². The van der Waals surface area contributed by atoms with E-state index in [-0.39, 0.29) is 12.1 Å². The highest BCUT2D eigenvalue weighted by atomic mass is 35.5. The van der Waals surface area contributed by atoms with Gasteiger partial charge in [0.05, 0.1) is 25.1 Å². The van der Waals surface area contributed by atoms with E-state index in [9.17, 15) is 5.11 Å². The van der Waals surface area contributed by atoms with Crippen molar-refractivity contribution >= 4 is 11.6 Å². The number of nitrogens with zero attached hydrogens (tertiary/aromatic N) is 2. The molecule has 0 aliphatic heterocycles. The van der Waals surface area contributed by atoms with E-state index in [1.54, 1.807) is 11.8 Å². The van der Waals surface area contributed by atoms with E-state index in [2.05, 4.69) is 10.4 Å². The topological polar surface area (TPSA) is 68.5 Å². The van der Waals surface area contributed by atoms with Gasteiger partial charge in [-0.2, -0.15) is 5.10 Å². The summed E-state index contributed by atoms with van der Waals surface area (Å²) in [6, 6.07) is 15.7. The maximum atomic E-state index is 9.81. The number of methoxy groups -OCH3 is 1. The Morgan fingerprint density at radius 1 is 1.12 bits per heavy atom. The molecule has 6 nitrogen and oxygen atoms in total. The summed E-state index contributed by atoms with van der Waals surface area (Å²) < 4.78 is 13.4. The zero-order valence-electron chi connectivity index (χ0n) is 18.6. The molecule has 0 bridgehead atoms. The lowest BCUT2D eigenvalue weighted by Crippen LogP contribution is -2.45. The summed E-state index contributed by atoms with van der Waals surface area (Å²) >= 11 is 6.62. The predicted molar refractivity (Wildman–Crippen MR) is 126 cm³/mol. The number of hydrogen-bond acceptors (Lipinski definition) is 5. The minimum absolute atomic E-state index is 0.157. The summed E-state index contributed by atoms with van der Waals surface area (Å²) in [5.74, 6) is 1.31. The fraction of sp³-hybridized carbons (Fsp3) is 0.400. The first-order valence-electron chi connectivity index (χ1n) is 11.0. The van der Waals surface area contributed by atoms with Gasteiger partial charge < -0.3 is 19.9 Å². The molecule has 1 aliphatic rings. The van der Waals surface area contributed by atoms with Gasteiger partial charge in [0.1, 0.15) is 11.8 Å². The van der Waals surface area contributed by atoms with Crippen LogP contribution in [-0.2, 0) is 13.2 Å². The van der Waals surface area contributed by atoms with E-state index >= 15 is 0 Å². The zero-order chi connectivity index (χ0) is 22.6. The van der Waals surface area contributed by atoms with Gasteiger partial charge >= 0.3 is 0 Å². The van der Waals surface area contributed by atoms with E-state index in [4.69, 9.17) is 21.1 Å².